The molecule has 4 aliphatic heterocycles. The van der Waals surface area contributed by atoms with Crippen LogP contribution in [0.2, 0.25) is 0 Å². The lowest BCUT2D eigenvalue weighted by atomic mass is 9.93. The largest absolute Gasteiger partial charge is 0.381 e. The van der Waals surface area contributed by atoms with Gasteiger partial charge in [0.15, 0.2) is 0 Å². The topological polar surface area (TPSA) is 118 Å². The Kier molecular flexibility index (Phi) is 6.61. The van der Waals surface area contributed by atoms with E-state index in [2.05, 4.69) is 10.3 Å². The lowest BCUT2D eigenvalue weighted by molar-refractivity contribution is -0.127. The average molecular weight is 625 g/mol. The van der Waals surface area contributed by atoms with Gasteiger partial charge in [-0.1, -0.05) is 94.2 Å². The molecule has 0 spiro atoms. The fourth-order valence-electron chi connectivity index (χ4n) is 6.55. The first-order valence-corrected chi connectivity index (χ1v) is 15.3. The third-order valence-electron chi connectivity index (χ3n) is 9.12. The number of carbonyl (C=O) groups excluding carboxylic acids is 4. The minimum Gasteiger partial charge on any atom is -0.381 e. The number of imide groups is 2. The van der Waals surface area contributed by atoms with E-state index in [1.807, 2.05) is 86.6 Å². The summed E-state index contributed by atoms with van der Waals surface area (Å²) in [5, 5.41) is 8.16. The molecular formula is C37H28N4O6. The standard InChI is InChI=1S/C37H28N4O6/c1-20-3-11-24(12-4-20)30-28-32(46-38-30)36(44)40(34(28)42)26-15-7-22(8-16-26)19-23-9-17-27(18-10-23)41-35(43)29-31(39-47-33(29)37(41)45)25-13-5-21(2)6-14-25/h3-18,28-29,32-33H,19H2,1-2H3. The van der Waals surface area contributed by atoms with Gasteiger partial charge in [-0.25, -0.2) is 9.80 Å². The Labute approximate surface area is 269 Å². The molecule has 0 aliphatic carbocycles. The molecule has 4 atom stereocenters. The molecule has 0 saturated carbocycles. The molecule has 232 valence electrons. The quantitative estimate of drug-likeness (QED) is 0.292. The highest BCUT2D eigenvalue weighted by molar-refractivity contribution is 6.33. The summed E-state index contributed by atoms with van der Waals surface area (Å²) in [5.74, 6) is -3.18. The Balaban J connectivity index is 0.948. The number of carbonyl (C=O) groups is 4. The van der Waals surface area contributed by atoms with E-state index in [1.165, 1.54) is 9.80 Å². The van der Waals surface area contributed by atoms with Crippen molar-refractivity contribution >= 4 is 46.4 Å². The summed E-state index contributed by atoms with van der Waals surface area (Å²) in [6, 6.07) is 29.7. The van der Waals surface area contributed by atoms with Crippen molar-refractivity contribution in [2.24, 2.45) is 22.1 Å². The van der Waals surface area contributed by atoms with Crippen LogP contribution in [0.5, 0.6) is 0 Å². The Morgan fingerprint density at radius 1 is 0.511 bits per heavy atom. The van der Waals surface area contributed by atoms with Gasteiger partial charge >= 0.3 is 0 Å². The Morgan fingerprint density at radius 3 is 1.23 bits per heavy atom. The summed E-state index contributed by atoms with van der Waals surface area (Å²) < 4.78 is 0. The summed E-state index contributed by atoms with van der Waals surface area (Å²) in [6.45, 7) is 3.95. The summed E-state index contributed by atoms with van der Waals surface area (Å²) in [5.41, 5.74) is 7.42. The van der Waals surface area contributed by atoms with Crippen LogP contribution in [0.4, 0.5) is 11.4 Å². The molecule has 0 radical (unpaired) electrons. The number of hydrogen-bond donors (Lipinski definition) is 0. The van der Waals surface area contributed by atoms with Gasteiger partial charge in [0, 0.05) is 11.1 Å². The fraction of sp³-hybridized carbons (Fsp3) is 0.189. The van der Waals surface area contributed by atoms with Crippen LogP contribution >= 0.6 is 0 Å². The second kappa shape index (κ2) is 10.9. The number of anilines is 2. The predicted molar refractivity (Wildman–Crippen MR) is 173 cm³/mol. The fourth-order valence-corrected chi connectivity index (χ4v) is 6.55. The molecule has 2 saturated heterocycles. The van der Waals surface area contributed by atoms with E-state index in [0.717, 1.165) is 33.4 Å². The van der Waals surface area contributed by atoms with Crippen LogP contribution in [0.1, 0.15) is 33.4 Å². The summed E-state index contributed by atoms with van der Waals surface area (Å²) >= 11 is 0. The van der Waals surface area contributed by atoms with Crippen molar-refractivity contribution in [2.45, 2.75) is 32.5 Å². The molecule has 47 heavy (non-hydrogen) atoms. The van der Waals surface area contributed by atoms with Crippen molar-refractivity contribution in [3.05, 3.63) is 130 Å². The van der Waals surface area contributed by atoms with Gasteiger partial charge < -0.3 is 9.68 Å². The predicted octanol–water partition coefficient (Wildman–Crippen LogP) is 4.48. The van der Waals surface area contributed by atoms with Gasteiger partial charge in [-0.3, -0.25) is 19.2 Å². The van der Waals surface area contributed by atoms with Gasteiger partial charge in [0.1, 0.15) is 23.3 Å². The average Bonchev–Trinajstić information content (AvgIpc) is 3.83. The van der Waals surface area contributed by atoms with Gasteiger partial charge in [-0.15, -0.1) is 0 Å². The van der Waals surface area contributed by atoms with E-state index in [0.29, 0.717) is 29.2 Å². The van der Waals surface area contributed by atoms with Crippen LogP contribution in [0.25, 0.3) is 0 Å². The normalized spacial score (nSPS) is 23.0. The summed E-state index contributed by atoms with van der Waals surface area (Å²) in [6.07, 6.45) is -1.39. The van der Waals surface area contributed by atoms with E-state index in [9.17, 15) is 19.2 Å². The molecule has 4 aromatic carbocycles. The summed E-state index contributed by atoms with van der Waals surface area (Å²) in [4.78, 5) is 66.5. The number of aryl methyl sites for hydroxylation is 2. The maximum Gasteiger partial charge on any atom is 0.278 e. The van der Waals surface area contributed by atoms with Crippen LogP contribution in [-0.4, -0.2) is 47.3 Å². The third-order valence-corrected chi connectivity index (χ3v) is 9.12. The number of nitrogens with zero attached hydrogens (tertiary/aromatic N) is 4. The van der Waals surface area contributed by atoms with E-state index < -0.39 is 35.9 Å². The number of amides is 4. The van der Waals surface area contributed by atoms with Crippen LogP contribution in [0.3, 0.4) is 0 Å². The Bertz CT molecular complexity index is 1870. The molecule has 0 aromatic heterocycles. The molecule has 10 heteroatoms. The molecule has 8 rings (SSSR count). The highest BCUT2D eigenvalue weighted by Crippen LogP contribution is 2.37. The van der Waals surface area contributed by atoms with Crippen molar-refractivity contribution in [1.82, 2.24) is 0 Å². The minimum absolute atomic E-state index is 0.363. The molecular weight excluding hydrogens is 596 g/mol. The highest BCUT2D eigenvalue weighted by Gasteiger charge is 2.57. The molecule has 0 N–H and O–H groups in total. The van der Waals surface area contributed by atoms with E-state index in [1.54, 1.807) is 24.3 Å². The number of oxime groups is 2. The Hall–Kier alpha value is -5.90. The molecule has 2 fully saturated rings. The first-order valence-electron chi connectivity index (χ1n) is 15.3. The van der Waals surface area contributed by atoms with E-state index in [4.69, 9.17) is 9.68 Å². The molecule has 10 nitrogen and oxygen atoms in total. The van der Waals surface area contributed by atoms with Crippen molar-refractivity contribution < 1.29 is 28.9 Å². The number of hydrogen-bond acceptors (Lipinski definition) is 8. The molecule has 4 aromatic rings. The zero-order chi connectivity index (χ0) is 32.4. The molecule has 4 heterocycles. The number of fused-ring (bicyclic) bond motifs is 2. The maximum atomic E-state index is 13.5. The van der Waals surface area contributed by atoms with Crippen LogP contribution in [0.15, 0.2) is 107 Å². The lowest BCUT2D eigenvalue weighted by Crippen LogP contribution is -2.33. The van der Waals surface area contributed by atoms with Gasteiger partial charge in [0.2, 0.25) is 24.0 Å². The van der Waals surface area contributed by atoms with E-state index in [-0.39, 0.29) is 11.8 Å². The van der Waals surface area contributed by atoms with Gasteiger partial charge in [0.25, 0.3) is 11.8 Å². The van der Waals surface area contributed by atoms with Crippen molar-refractivity contribution in [1.29, 1.82) is 0 Å². The first kappa shape index (κ1) is 28.6. The molecule has 4 amide bonds. The molecule has 0 bridgehead atoms. The number of rotatable bonds is 6. The van der Waals surface area contributed by atoms with Crippen LogP contribution in [-0.2, 0) is 35.3 Å². The van der Waals surface area contributed by atoms with Gasteiger partial charge in [-0.2, -0.15) is 0 Å². The minimum atomic E-state index is -0.973. The SMILES string of the molecule is Cc1ccc(C2=NOC3C(=O)N(c4ccc(Cc5ccc(N6C(=O)C7ON=C(c8ccc(C)cc8)C7C6=O)cc5)cc4)C(=O)C23)cc1. The molecule has 4 unspecified atom stereocenters. The Morgan fingerprint density at radius 2 is 0.872 bits per heavy atom. The zero-order valence-corrected chi connectivity index (χ0v) is 25.5. The highest BCUT2D eigenvalue weighted by atomic mass is 16.7. The van der Waals surface area contributed by atoms with Crippen LogP contribution in [0, 0.1) is 25.7 Å². The molecule has 4 aliphatic rings. The summed E-state index contributed by atoms with van der Waals surface area (Å²) in [7, 11) is 0. The van der Waals surface area contributed by atoms with Crippen molar-refractivity contribution in [3.8, 4) is 0 Å². The van der Waals surface area contributed by atoms with Gasteiger partial charge in [-0.05, 0) is 55.7 Å². The first-order chi connectivity index (χ1) is 22.8. The van der Waals surface area contributed by atoms with Crippen molar-refractivity contribution in [2.75, 3.05) is 9.80 Å². The third kappa shape index (κ3) is 4.63. The van der Waals surface area contributed by atoms with E-state index >= 15 is 0 Å². The van der Waals surface area contributed by atoms with Crippen molar-refractivity contribution in [3.63, 3.8) is 0 Å². The monoisotopic (exact) mass is 624 g/mol. The van der Waals surface area contributed by atoms with Crippen LogP contribution < -0.4 is 9.80 Å². The zero-order valence-electron chi connectivity index (χ0n) is 25.5. The second-order valence-electron chi connectivity index (χ2n) is 12.2. The van der Waals surface area contributed by atoms with Gasteiger partial charge in [0.05, 0.1) is 11.4 Å². The smallest absolute Gasteiger partial charge is 0.278 e. The maximum absolute atomic E-state index is 13.5. The number of benzene rings is 4. The lowest BCUT2D eigenvalue weighted by Gasteiger charge is -2.17. The second-order valence-corrected chi connectivity index (χ2v) is 12.2.